The molecule has 0 bridgehead atoms. The third-order valence-electron chi connectivity index (χ3n) is 4.35. The predicted molar refractivity (Wildman–Crippen MR) is 109 cm³/mol. The fourth-order valence-electron chi connectivity index (χ4n) is 3.00. The zero-order chi connectivity index (χ0) is 20.5. The third kappa shape index (κ3) is 3.62. The van der Waals surface area contributed by atoms with Crippen LogP contribution >= 0.6 is 15.9 Å². The second kappa shape index (κ2) is 7.48. The second-order valence-corrected chi connectivity index (χ2v) is 7.13. The van der Waals surface area contributed by atoms with Gasteiger partial charge in [0.2, 0.25) is 0 Å². The first-order chi connectivity index (χ1) is 13.9. The highest BCUT2D eigenvalue weighted by Gasteiger charge is 2.37. The monoisotopic (exact) mass is 453 g/mol. The summed E-state index contributed by atoms with van der Waals surface area (Å²) in [6, 6.07) is 15.1. The lowest BCUT2D eigenvalue weighted by atomic mass is 10.1. The molecule has 0 spiro atoms. The van der Waals surface area contributed by atoms with Crippen molar-refractivity contribution in [3.63, 3.8) is 0 Å². The number of rotatable bonds is 3. The van der Waals surface area contributed by atoms with Gasteiger partial charge in [0.15, 0.2) is 0 Å². The maximum absolute atomic E-state index is 13.6. The Labute approximate surface area is 173 Å². The molecule has 0 saturated carbocycles. The highest BCUT2D eigenvalue weighted by Crippen LogP contribution is 2.24. The highest BCUT2D eigenvalue weighted by molar-refractivity contribution is 9.10. The van der Waals surface area contributed by atoms with E-state index in [2.05, 4.69) is 21.2 Å². The van der Waals surface area contributed by atoms with Crippen molar-refractivity contribution in [2.75, 3.05) is 4.90 Å². The zero-order valence-electron chi connectivity index (χ0n) is 14.8. The Balaban J connectivity index is 1.75. The van der Waals surface area contributed by atoms with Crippen LogP contribution in [0.4, 0.5) is 14.9 Å². The number of hydrogen-bond acceptors (Lipinski definition) is 3. The summed E-state index contributed by atoms with van der Waals surface area (Å²) in [7, 11) is 0. The summed E-state index contributed by atoms with van der Waals surface area (Å²) >= 11 is 3.38. The number of imide groups is 2. The molecule has 3 aromatic rings. The lowest BCUT2D eigenvalue weighted by molar-refractivity contribution is -0.122. The van der Waals surface area contributed by atoms with Gasteiger partial charge in [0.05, 0.1) is 5.69 Å². The van der Waals surface area contributed by atoms with E-state index in [1.165, 1.54) is 24.3 Å². The molecule has 1 aliphatic rings. The molecular formula is C21H13BrFN3O3. The Hall–Kier alpha value is -3.52. The first-order valence-electron chi connectivity index (χ1n) is 8.54. The predicted octanol–water partition coefficient (Wildman–Crippen LogP) is 4.05. The quantitative estimate of drug-likeness (QED) is 0.480. The van der Waals surface area contributed by atoms with Gasteiger partial charge >= 0.3 is 6.03 Å². The number of nitrogens with zero attached hydrogens (tertiary/aromatic N) is 2. The van der Waals surface area contributed by atoms with E-state index in [9.17, 15) is 18.8 Å². The number of anilines is 1. The first-order valence-corrected chi connectivity index (χ1v) is 9.33. The van der Waals surface area contributed by atoms with Crippen LogP contribution in [0.1, 0.15) is 5.69 Å². The summed E-state index contributed by atoms with van der Waals surface area (Å²) in [5.74, 6) is -2.24. The Morgan fingerprint density at radius 2 is 1.69 bits per heavy atom. The minimum absolute atomic E-state index is 0.0363. The molecule has 0 radical (unpaired) electrons. The van der Waals surface area contributed by atoms with Gasteiger partial charge < -0.3 is 4.57 Å². The minimum Gasteiger partial charge on any atom is -0.317 e. The van der Waals surface area contributed by atoms with Crippen molar-refractivity contribution >= 4 is 45.5 Å². The van der Waals surface area contributed by atoms with E-state index in [1.807, 2.05) is 24.3 Å². The Bertz CT molecular complexity index is 1170. The number of urea groups is 1. The summed E-state index contributed by atoms with van der Waals surface area (Å²) in [6.07, 6.45) is 3.19. The Kier molecular flexibility index (Phi) is 4.85. The van der Waals surface area contributed by atoms with Crippen molar-refractivity contribution in [3.8, 4) is 5.69 Å². The van der Waals surface area contributed by atoms with Gasteiger partial charge in [0.25, 0.3) is 11.8 Å². The largest absolute Gasteiger partial charge is 0.335 e. The zero-order valence-corrected chi connectivity index (χ0v) is 16.4. The normalized spacial score (nSPS) is 15.7. The van der Waals surface area contributed by atoms with Gasteiger partial charge in [-0.1, -0.05) is 22.0 Å². The van der Waals surface area contributed by atoms with E-state index in [0.29, 0.717) is 5.69 Å². The molecule has 1 saturated heterocycles. The number of amides is 4. The molecule has 2 aromatic carbocycles. The number of carbonyl (C=O) groups excluding carboxylic acids is 3. The van der Waals surface area contributed by atoms with E-state index in [-0.39, 0.29) is 11.3 Å². The number of carbonyl (C=O) groups is 3. The molecule has 1 N–H and O–H groups in total. The van der Waals surface area contributed by atoms with Crippen molar-refractivity contribution < 1.29 is 18.8 Å². The smallest absolute Gasteiger partial charge is 0.317 e. The van der Waals surface area contributed by atoms with E-state index >= 15 is 0 Å². The minimum atomic E-state index is -0.925. The summed E-state index contributed by atoms with van der Waals surface area (Å²) in [5.41, 5.74) is 1.20. The van der Waals surface area contributed by atoms with Gasteiger partial charge in [-0.15, -0.1) is 0 Å². The Morgan fingerprint density at radius 3 is 2.41 bits per heavy atom. The molecule has 0 aliphatic carbocycles. The molecule has 29 heavy (non-hydrogen) atoms. The van der Waals surface area contributed by atoms with Crippen LogP contribution in [0.25, 0.3) is 11.8 Å². The first kappa shape index (κ1) is 18.8. The molecule has 4 rings (SSSR count). The van der Waals surface area contributed by atoms with Gasteiger partial charge in [-0.3, -0.25) is 14.9 Å². The summed E-state index contributed by atoms with van der Waals surface area (Å²) in [5, 5.41) is 2.13. The van der Waals surface area contributed by atoms with Crippen LogP contribution in [0.2, 0.25) is 0 Å². The maximum atomic E-state index is 13.6. The van der Waals surface area contributed by atoms with E-state index < -0.39 is 23.7 Å². The fourth-order valence-corrected chi connectivity index (χ4v) is 3.27. The van der Waals surface area contributed by atoms with Crippen molar-refractivity contribution in [3.05, 3.63) is 88.4 Å². The number of nitrogens with one attached hydrogen (secondary N) is 1. The standard InChI is InChI=1S/C21H13BrFN3O3/c22-13-6-8-15(9-7-13)25-10-2-5-16(25)12-18-19(27)24-21(29)26(20(18)28)17-4-1-3-14(23)11-17/h1-12H,(H,24,27,29)/b18-12+. The molecule has 1 aromatic heterocycles. The highest BCUT2D eigenvalue weighted by atomic mass is 79.9. The van der Waals surface area contributed by atoms with Crippen molar-refractivity contribution in [2.45, 2.75) is 0 Å². The van der Waals surface area contributed by atoms with Gasteiger partial charge in [-0.05, 0) is 60.7 Å². The van der Waals surface area contributed by atoms with Gasteiger partial charge in [-0.25, -0.2) is 14.1 Å². The number of hydrogen-bond donors (Lipinski definition) is 1. The SMILES string of the molecule is O=C1NC(=O)N(c2cccc(F)c2)C(=O)/C1=C/c1cccn1-c1ccc(Br)cc1. The molecule has 2 heterocycles. The summed E-state index contributed by atoms with van der Waals surface area (Å²) in [6.45, 7) is 0. The molecule has 0 atom stereocenters. The van der Waals surface area contributed by atoms with Crippen LogP contribution in [0, 0.1) is 5.82 Å². The molecule has 144 valence electrons. The number of aromatic nitrogens is 1. The van der Waals surface area contributed by atoms with Crippen molar-refractivity contribution in [1.29, 1.82) is 0 Å². The van der Waals surface area contributed by atoms with Crippen LogP contribution in [-0.4, -0.2) is 22.4 Å². The van der Waals surface area contributed by atoms with Gasteiger partial charge in [0, 0.05) is 22.1 Å². The van der Waals surface area contributed by atoms with Crippen LogP contribution in [-0.2, 0) is 9.59 Å². The molecule has 4 amide bonds. The lowest BCUT2D eigenvalue weighted by Crippen LogP contribution is -2.54. The average Bonchev–Trinajstić information content (AvgIpc) is 3.14. The van der Waals surface area contributed by atoms with Crippen LogP contribution in [0.5, 0.6) is 0 Å². The van der Waals surface area contributed by atoms with Crippen LogP contribution < -0.4 is 10.2 Å². The number of benzene rings is 2. The Morgan fingerprint density at radius 1 is 0.931 bits per heavy atom. The van der Waals surface area contributed by atoms with Crippen molar-refractivity contribution in [2.24, 2.45) is 0 Å². The average molecular weight is 454 g/mol. The molecule has 1 fully saturated rings. The number of halogens is 2. The second-order valence-electron chi connectivity index (χ2n) is 6.22. The van der Waals surface area contributed by atoms with Crippen LogP contribution in [0.15, 0.2) is 76.9 Å². The molecule has 6 nitrogen and oxygen atoms in total. The molecule has 8 heteroatoms. The summed E-state index contributed by atoms with van der Waals surface area (Å²) in [4.78, 5) is 38.2. The third-order valence-corrected chi connectivity index (χ3v) is 4.87. The molecule has 0 unspecified atom stereocenters. The van der Waals surface area contributed by atoms with Crippen LogP contribution in [0.3, 0.4) is 0 Å². The van der Waals surface area contributed by atoms with E-state index in [0.717, 1.165) is 21.1 Å². The topological polar surface area (TPSA) is 71.4 Å². The summed E-state index contributed by atoms with van der Waals surface area (Å²) < 4.78 is 16.3. The van der Waals surface area contributed by atoms with Gasteiger partial charge in [-0.2, -0.15) is 0 Å². The van der Waals surface area contributed by atoms with E-state index in [4.69, 9.17) is 0 Å². The van der Waals surface area contributed by atoms with Gasteiger partial charge in [0.1, 0.15) is 11.4 Å². The maximum Gasteiger partial charge on any atom is 0.335 e. The fraction of sp³-hybridized carbons (Fsp3) is 0. The van der Waals surface area contributed by atoms with E-state index in [1.54, 1.807) is 22.9 Å². The molecule has 1 aliphatic heterocycles. The lowest BCUT2D eigenvalue weighted by Gasteiger charge is -2.26. The number of barbiturate groups is 1. The molecular weight excluding hydrogens is 441 g/mol. The van der Waals surface area contributed by atoms with Crippen molar-refractivity contribution in [1.82, 2.24) is 9.88 Å².